The predicted molar refractivity (Wildman–Crippen MR) is 63.2 cm³/mol. The number of hydrogen-bond acceptors (Lipinski definition) is 1. The Balaban J connectivity index is 2.08. The summed E-state index contributed by atoms with van der Waals surface area (Å²) in [5.41, 5.74) is 6.45. The quantitative estimate of drug-likeness (QED) is 0.736. The van der Waals surface area contributed by atoms with E-state index in [2.05, 4.69) is 24.4 Å². The van der Waals surface area contributed by atoms with Gasteiger partial charge in [-0.15, -0.1) is 0 Å². The van der Waals surface area contributed by atoms with Crippen LogP contribution >= 0.6 is 0 Å². The van der Waals surface area contributed by atoms with Crippen molar-refractivity contribution in [2.45, 2.75) is 45.1 Å². The van der Waals surface area contributed by atoms with Crippen molar-refractivity contribution >= 4 is 0 Å². The molecule has 0 bridgehead atoms. The van der Waals surface area contributed by atoms with E-state index in [1.165, 1.54) is 32.2 Å². The van der Waals surface area contributed by atoms with E-state index in [1.807, 2.05) is 0 Å². The largest absolute Gasteiger partial charge is 0.312 e. The van der Waals surface area contributed by atoms with Gasteiger partial charge in [0.15, 0.2) is 0 Å². The van der Waals surface area contributed by atoms with Crippen LogP contribution in [0.3, 0.4) is 0 Å². The first-order valence-corrected chi connectivity index (χ1v) is 6.23. The van der Waals surface area contributed by atoms with Gasteiger partial charge in [-0.05, 0) is 53.9 Å². The molecule has 0 saturated carbocycles. The molecular formula is C14H19N. The van der Waals surface area contributed by atoms with Crippen LogP contribution in [0.15, 0.2) is 12.1 Å². The van der Waals surface area contributed by atoms with Gasteiger partial charge in [0.25, 0.3) is 0 Å². The second-order valence-corrected chi connectivity index (χ2v) is 4.91. The number of hydrogen-bond donors (Lipinski definition) is 1. The number of aryl methyl sites for hydroxylation is 2. The lowest BCUT2D eigenvalue weighted by Crippen LogP contribution is -2.28. The van der Waals surface area contributed by atoms with Crippen LogP contribution in [-0.2, 0) is 19.4 Å². The number of nitrogens with one attached hydrogen (secondary N) is 1. The molecule has 1 aliphatic heterocycles. The summed E-state index contributed by atoms with van der Waals surface area (Å²) in [5.74, 6) is 0.750. The molecule has 1 aliphatic carbocycles. The monoisotopic (exact) mass is 201 g/mol. The standard InChI is InChI=1S/C14H19N/c1-2-10-8-15-9-13-6-11-4-3-5-12(11)7-14(10)13/h6-7,10,15H,2-5,8-9H2,1H3. The third kappa shape index (κ3) is 1.50. The fourth-order valence-corrected chi connectivity index (χ4v) is 3.08. The van der Waals surface area contributed by atoms with Crippen molar-refractivity contribution in [2.75, 3.05) is 6.54 Å². The summed E-state index contributed by atoms with van der Waals surface area (Å²) >= 11 is 0. The maximum Gasteiger partial charge on any atom is 0.0208 e. The molecule has 1 heterocycles. The zero-order chi connectivity index (χ0) is 10.3. The summed E-state index contributed by atoms with van der Waals surface area (Å²) < 4.78 is 0. The Hall–Kier alpha value is -0.820. The highest BCUT2D eigenvalue weighted by Crippen LogP contribution is 2.32. The van der Waals surface area contributed by atoms with Crippen LogP contribution in [0.4, 0.5) is 0 Å². The summed E-state index contributed by atoms with van der Waals surface area (Å²) in [4.78, 5) is 0. The molecule has 80 valence electrons. The van der Waals surface area contributed by atoms with Crippen LogP contribution < -0.4 is 5.32 Å². The lowest BCUT2D eigenvalue weighted by atomic mass is 9.86. The lowest BCUT2D eigenvalue weighted by molar-refractivity contribution is 0.529. The molecule has 0 amide bonds. The van der Waals surface area contributed by atoms with E-state index >= 15 is 0 Å². The highest BCUT2D eigenvalue weighted by Gasteiger charge is 2.21. The van der Waals surface area contributed by atoms with Gasteiger partial charge in [-0.3, -0.25) is 0 Å². The summed E-state index contributed by atoms with van der Waals surface area (Å²) in [7, 11) is 0. The second kappa shape index (κ2) is 3.64. The van der Waals surface area contributed by atoms with E-state index in [-0.39, 0.29) is 0 Å². The minimum atomic E-state index is 0.750. The van der Waals surface area contributed by atoms with E-state index in [0.717, 1.165) is 12.5 Å². The van der Waals surface area contributed by atoms with Crippen LogP contribution in [0, 0.1) is 0 Å². The lowest BCUT2D eigenvalue weighted by Gasteiger charge is -2.26. The molecule has 1 N–H and O–H groups in total. The SMILES string of the molecule is CCC1CNCc2cc3c(cc21)CCC3. The minimum Gasteiger partial charge on any atom is -0.312 e. The van der Waals surface area contributed by atoms with Crippen molar-refractivity contribution in [3.8, 4) is 0 Å². The van der Waals surface area contributed by atoms with Gasteiger partial charge < -0.3 is 5.32 Å². The van der Waals surface area contributed by atoms with E-state index in [1.54, 1.807) is 22.3 Å². The van der Waals surface area contributed by atoms with Crippen LogP contribution in [0.2, 0.25) is 0 Å². The average Bonchev–Trinajstić information content (AvgIpc) is 2.72. The molecule has 0 saturated heterocycles. The van der Waals surface area contributed by atoms with Crippen LogP contribution in [0.5, 0.6) is 0 Å². The van der Waals surface area contributed by atoms with E-state index in [9.17, 15) is 0 Å². The summed E-state index contributed by atoms with van der Waals surface area (Å²) in [6.07, 6.45) is 5.24. The van der Waals surface area contributed by atoms with Crippen molar-refractivity contribution in [1.29, 1.82) is 0 Å². The van der Waals surface area contributed by atoms with Gasteiger partial charge >= 0.3 is 0 Å². The smallest absolute Gasteiger partial charge is 0.0208 e. The predicted octanol–water partition coefficient (Wildman–Crippen LogP) is 2.77. The molecule has 1 unspecified atom stereocenters. The number of fused-ring (bicyclic) bond motifs is 2. The van der Waals surface area contributed by atoms with Gasteiger partial charge in [-0.1, -0.05) is 19.1 Å². The Kier molecular flexibility index (Phi) is 2.28. The van der Waals surface area contributed by atoms with Crippen molar-refractivity contribution in [3.63, 3.8) is 0 Å². The molecule has 0 fully saturated rings. The fraction of sp³-hybridized carbons (Fsp3) is 0.571. The Morgan fingerprint density at radius 1 is 1.20 bits per heavy atom. The fourth-order valence-electron chi connectivity index (χ4n) is 3.08. The molecule has 1 aromatic rings. The topological polar surface area (TPSA) is 12.0 Å². The van der Waals surface area contributed by atoms with Crippen molar-refractivity contribution < 1.29 is 0 Å². The Morgan fingerprint density at radius 2 is 2.00 bits per heavy atom. The van der Waals surface area contributed by atoms with Crippen molar-refractivity contribution in [2.24, 2.45) is 0 Å². The minimum absolute atomic E-state index is 0.750. The van der Waals surface area contributed by atoms with Crippen molar-refractivity contribution in [3.05, 3.63) is 34.4 Å². The van der Waals surface area contributed by atoms with Crippen molar-refractivity contribution in [1.82, 2.24) is 5.32 Å². The van der Waals surface area contributed by atoms with Crippen LogP contribution in [0.25, 0.3) is 0 Å². The molecule has 1 aromatic carbocycles. The number of rotatable bonds is 1. The molecule has 0 aromatic heterocycles. The molecule has 0 radical (unpaired) electrons. The zero-order valence-corrected chi connectivity index (χ0v) is 9.47. The Bertz CT molecular complexity index is 381. The van der Waals surface area contributed by atoms with Gasteiger partial charge in [-0.25, -0.2) is 0 Å². The van der Waals surface area contributed by atoms with Gasteiger partial charge in [-0.2, -0.15) is 0 Å². The molecule has 3 rings (SSSR count). The van der Waals surface area contributed by atoms with Gasteiger partial charge in [0.05, 0.1) is 0 Å². The van der Waals surface area contributed by atoms with Gasteiger partial charge in [0.2, 0.25) is 0 Å². The first kappa shape index (κ1) is 9.41. The highest BCUT2D eigenvalue weighted by molar-refractivity contribution is 5.43. The molecular weight excluding hydrogens is 182 g/mol. The zero-order valence-electron chi connectivity index (χ0n) is 9.47. The maximum absolute atomic E-state index is 3.53. The second-order valence-electron chi connectivity index (χ2n) is 4.91. The van der Waals surface area contributed by atoms with Gasteiger partial charge in [0, 0.05) is 13.1 Å². The van der Waals surface area contributed by atoms with Gasteiger partial charge in [0.1, 0.15) is 0 Å². The molecule has 15 heavy (non-hydrogen) atoms. The molecule has 0 spiro atoms. The molecule has 2 aliphatic rings. The normalized spacial score (nSPS) is 23.7. The first-order chi connectivity index (χ1) is 7.38. The maximum atomic E-state index is 3.53. The molecule has 1 atom stereocenters. The third-order valence-corrected chi connectivity index (χ3v) is 3.99. The first-order valence-electron chi connectivity index (χ1n) is 6.23. The average molecular weight is 201 g/mol. The van der Waals surface area contributed by atoms with Crippen LogP contribution in [0.1, 0.15) is 47.9 Å². The van der Waals surface area contributed by atoms with E-state index in [0.29, 0.717) is 0 Å². The summed E-state index contributed by atoms with van der Waals surface area (Å²) in [6, 6.07) is 4.97. The van der Waals surface area contributed by atoms with E-state index in [4.69, 9.17) is 0 Å². The third-order valence-electron chi connectivity index (χ3n) is 3.99. The Morgan fingerprint density at radius 3 is 2.80 bits per heavy atom. The van der Waals surface area contributed by atoms with Crippen LogP contribution in [-0.4, -0.2) is 6.54 Å². The molecule has 1 nitrogen and oxygen atoms in total. The van der Waals surface area contributed by atoms with E-state index < -0.39 is 0 Å². The number of benzene rings is 1. The molecule has 1 heteroatoms. The highest BCUT2D eigenvalue weighted by atomic mass is 14.9. The Labute approximate surface area is 91.9 Å². The summed E-state index contributed by atoms with van der Waals surface area (Å²) in [5, 5.41) is 3.53. The summed E-state index contributed by atoms with van der Waals surface area (Å²) in [6.45, 7) is 4.55.